The predicted octanol–water partition coefficient (Wildman–Crippen LogP) is 4.02. The highest BCUT2D eigenvalue weighted by Crippen LogP contribution is 2.49. The number of hydroxylamine groups is 3. The van der Waals surface area contributed by atoms with Gasteiger partial charge < -0.3 is 9.47 Å². The van der Waals surface area contributed by atoms with E-state index in [1.807, 2.05) is 40.7 Å². The maximum Gasteiger partial charge on any atom is 0.518 e. The van der Waals surface area contributed by atoms with Gasteiger partial charge in [-0.3, -0.25) is 14.2 Å². The molecule has 7 atom stereocenters. The first kappa shape index (κ1) is 30.3. The fourth-order valence-electron chi connectivity index (χ4n) is 4.18. The molecule has 0 aromatic rings. The Kier molecular flexibility index (Phi) is 12.0. The average Bonchev–Trinajstić information content (AvgIpc) is 2.79. The number of phosphoric acid groups is 1. The number of hydrogen-bond acceptors (Lipinski definition) is 7. The highest BCUT2D eigenvalue weighted by molar-refractivity contribution is 7.47. The fraction of sp³-hybridized carbons (Fsp3) is 0.750. The van der Waals surface area contributed by atoms with Crippen molar-refractivity contribution in [2.45, 2.75) is 79.6 Å². The van der Waals surface area contributed by atoms with E-state index in [1.54, 1.807) is 6.92 Å². The summed E-state index contributed by atoms with van der Waals surface area (Å²) in [5.41, 5.74) is 0. The molecule has 34 heavy (non-hydrogen) atoms. The van der Waals surface area contributed by atoms with E-state index >= 15 is 0 Å². The molecular weight excluding hydrogens is 461 g/mol. The Labute approximate surface area is 203 Å². The third-order valence-electron chi connectivity index (χ3n) is 6.57. The first-order valence-electron chi connectivity index (χ1n) is 11.9. The summed E-state index contributed by atoms with van der Waals surface area (Å²) < 4.78 is 35.0. The van der Waals surface area contributed by atoms with Gasteiger partial charge in [0.1, 0.15) is 25.7 Å². The van der Waals surface area contributed by atoms with Gasteiger partial charge in [-0.15, -0.1) is 6.42 Å². The Hall–Kier alpha value is -1.69. The maximum absolute atomic E-state index is 13.1. The van der Waals surface area contributed by atoms with Crippen LogP contribution in [0, 0.1) is 30.1 Å². The highest BCUT2D eigenvalue weighted by atomic mass is 31.2. The third kappa shape index (κ3) is 8.83. The van der Waals surface area contributed by atoms with Crippen molar-refractivity contribution in [3.8, 4) is 12.3 Å². The van der Waals surface area contributed by atoms with Crippen molar-refractivity contribution < 1.29 is 42.3 Å². The van der Waals surface area contributed by atoms with Gasteiger partial charge in [0.2, 0.25) is 0 Å². The lowest BCUT2D eigenvalue weighted by molar-refractivity contribution is -1.08. The summed E-state index contributed by atoms with van der Waals surface area (Å²) in [7, 11) is -4.51. The minimum Gasteiger partial charge on any atom is -0.458 e. The van der Waals surface area contributed by atoms with Crippen LogP contribution in [0.15, 0.2) is 12.2 Å². The van der Waals surface area contributed by atoms with Crippen LogP contribution in [0.25, 0.3) is 0 Å². The summed E-state index contributed by atoms with van der Waals surface area (Å²) >= 11 is 0. The molecule has 0 amide bonds. The monoisotopic (exact) mass is 502 g/mol. The van der Waals surface area contributed by atoms with E-state index in [0.29, 0.717) is 32.5 Å². The molecule has 0 fully saturated rings. The van der Waals surface area contributed by atoms with E-state index in [0.717, 1.165) is 0 Å². The number of hydrogen-bond donors (Lipinski definition) is 1. The van der Waals surface area contributed by atoms with Crippen molar-refractivity contribution in [2.75, 3.05) is 19.6 Å². The lowest BCUT2D eigenvalue weighted by Gasteiger charge is -2.35. The van der Waals surface area contributed by atoms with Crippen LogP contribution in [0.2, 0.25) is 0 Å². The minimum atomic E-state index is -4.51. The average molecular weight is 503 g/mol. The molecule has 0 saturated heterocycles. The predicted molar refractivity (Wildman–Crippen MR) is 128 cm³/mol. The zero-order chi connectivity index (χ0) is 26.1. The number of phosphoric ester groups is 1. The number of carbonyl (C=O) groups is 2. The topological polar surface area (TPSA) is 108 Å². The van der Waals surface area contributed by atoms with Gasteiger partial charge in [-0.1, -0.05) is 37.4 Å². The fourth-order valence-corrected chi connectivity index (χ4v) is 5.64. The summed E-state index contributed by atoms with van der Waals surface area (Å²) in [6, 6.07) is 0. The summed E-state index contributed by atoms with van der Waals surface area (Å²) in [6.45, 7) is 13.9. The molecule has 0 saturated carbocycles. The van der Waals surface area contributed by atoms with Crippen molar-refractivity contribution in [1.82, 2.24) is 0 Å². The van der Waals surface area contributed by atoms with Crippen LogP contribution >= 0.6 is 7.82 Å². The van der Waals surface area contributed by atoms with E-state index in [9.17, 15) is 19.0 Å². The quantitative estimate of drug-likeness (QED) is 0.125. The largest absolute Gasteiger partial charge is 0.518 e. The van der Waals surface area contributed by atoms with Gasteiger partial charge in [-0.05, 0) is 39.5 Å². The Balaban J connectivity index is 3.09. The van der Waals surface area contributed by atoms with Crippen molar-refractivity contribution in [1.29, 1.82) is 0 Å². The van der Waals surface area contributed by atoms with Crippen molar-refractivity contribution in [3.63, 3.8) is 0 Å². The maximum atomic E-state index is 13.1. The summed E-state index contributed by atoms with van der Waals surface area (Å²) in [4.78, 5) is 33.9. The Bertz CT molecular complexity index is 795. The van der Waals surface area contributed by atoms with Crippen LogP contribution in [-0.2, 0) is 32.8 Å². The van der Waals surface area contributed by atoms with Gasteiger partial charge in [0, 0.05) is 24.8 Å². The molecule has 1 rings (SSSR count). The summed E-state index contributed by atoms with van der Waals surface area (Å²) in [5.74, 6) is 0.863. The first-order chi connectivity index (χ1) is 15.8. The van der Waals surface area contributed by atoms with Crippen LogP contribution < -0.4 is 0 Å². The van der Waals surface area contributed by atoms with Gasteiger partial charge in [0.05, 0.1) is 6.10 Å². The lowest BCUT2D eigenvalue weighted by atomic mass is 9.85. The highest BCUT2D eigenvalue weighted by Gasteiger charge is 2.41. The smallest absolute Gasteiger partial charge is 0.458 e. The van der Waals surface area contributed by atoms with Crippen molar-refractivity contribution >= 4 is 19.8 Å². The van der Waals surface area contributed by atoms with E-state index < -0.39 is 31.9 Å². The zero-order valence-corrected chi connectivity index (χ0v) is 22.3. The van der Waals surface area contributed by atoms with Gasteiger partial charge in [0.15, 0.2) is 6.10 Å². The second kappa shape index (κ2) is 13.4. The van der Waals surface area contributed by atoms with E-state index in [1.165, 1.54) is 13.0 Å². The molecule has 1 N–H and O–H groups in total. The van der Waals surface area contributed by atoms with Gasteiger partial charge in [-0.25, -0.2) is 9.36 Å². The second-order valence-corrected chi connectivity index (χ2v) is 10.2. The van der Waals surface area contributed by atoms with Gasteiger partial charge in [0.25, 0.3) is 0 Å². The normalized spacial score (nSPS) is 23.7. The molecule has 1 unspecified atom stereocenters. The first-order valence-corrected chi connectivity index (χ1v) is 13.4. The number of quaternary nitrogens is 1. The Morgan fingerprint density at radius 3 is 2.35 bits per heavy atom. The third-order valence-corrected chi connectivity index (χ3v) is 7.66. The number of ether oxygens (including phenoxy) is 2. The molecule has 10 heteroatoms. The van der Waals surface area contributed by atoms with Crippen molar-refractivity contribution in [3.05, 3.63) is 12.2 Å². The summed E-state index contributed by atoms with van der Waals surface area (Å²) in [5, 5.41) is 0. The Morgan fingerprint density at radius 2 is 1.85 bits per heavy atom. The zero-order valence-electron chi connectivity index (χ0n) is 21.4. The molecule has 0 bridgehead atoms. The summed E-state index contributed by atoms with van der Waals surface area (Å²) in [6.07, 6.45) is 7.50. The van der Waals surface area contributed by atoms with Crippen LogP contribution in [0.1, 0.15) is 61.3 Å². The Morgan fingerprint density at radius 1 is 1.26 bits per heavy atom. The van der Waals surface area contributed by atoms with Crippen LogP contribution in [0.5, 0.6) is 0 Å². The van der Waals surface area contributed by atoms with E-state index in [-0.39, 0.29) is 28.6 Å². The molecule has 1 aliphatic rings. The van der Waals surface area contributed by atoms with Crippen LogP contribution in [0.4, 0.5) is 0 Å². The molecule has 194 valence electrons. The van der Waals surface area contributed by atoms with Crippen LogP contribution in [0.3, 0.4) is 0 Å². The van der Waals surface area contributed by atoms with Crippen molar-refractivity contribution in [2.24, 2.45) is 17.8 Å². The number of cyclic esters (lactones) is 1. The second-order valence-electron chi connectivity index (χ2n) is 8.93. The number of carbonyl (C=O) groups excluding carboxylic acids is 2. The number of terminal acetylenes is 1. The van der Waals surface area contributed by atoms with Crippen LogP contribution in [-0.4, -0.2) is 59.4 Å². The standard InChI is InChI=1S/C24H40NO8P/c1-9-21(30-20(8)26)19(7)22(32-34(28,29)33-25(10-2,11-3)12-4)15-13-17(5)24-18(6)14-16-23(27)31-24/h1,14,16-19,21-22,24H,10-13,15H2,2-8H3/p+1/t17-,18-,19-,21-,22-,24-/m0/s1. The molecule has 0 aliphatic carbocycles. The minimum absolute atomic E-state index is 0.0350. The lowest BCUT2D eigenvalue weighted by Crippen LogP contribution is -2.47. The van der Waals surface area contributed by atoms with E-state index in [4.69, 9.17) is 25.0 Å². The molecule has 9 nitrogen and oxygen atoms in total. The van der Waals surface area contributed by atoms with E-state index in [2.05, 4.69) is 5.92 Å². The SMILES string of the molecule is C#C[C@H](OC(C)=O)[C@H](C)[C@H](CC[C@H](C)[C@@H]1OC(=O)C=C[C@@H]1C)OP(=O)(O)O[N+](CC)(CC)CC. The molecular formula is C24H41NO8P+. The molecule has 0 aromatic carbocycles. The molecule has 1 heterocycles. The molecule has 1 aliphatic heterocycles. The number of esters is 2. The molecule has 0 spiro atoms. The molecule has 0 aromatic heterocycles. The number of nitrogens with zero attached hydrogens (tertiary/aromatic N) is 1. The van der Waals surface area contributed by atoms with Gasteiger partial charge in [-0.2, -0.15) is 4.65 Å². The van der Waals surface area contributed by atoms with Gasteiger partial charge >= 0.3 is 19.8 Å². The number of rotatable bonds is 14. The molecule has 0 radical (unpaired) electrons.